The zero-order chi connectivity index (χ0) is 14.9. The summed E-state index contributed by atoms with van der Waals surface area (Å²) in [5.74, 6) is -0.0811. The minimum Gasteiger partial charge on any atom is -0.394 e. The molecule has 0 bridgehead atoms. The molecule has 1 atom stereocenters. The summed E-state index contributed by atoms with van der Waals surface area (Å²) in [6, 6.07) is 1.67. The molecule has 0 saturated carbocycles. The lowest BCUT2D eigenvalue weighted by atomic mass is 10.2. The molecule has 0 aliphatic carbocycles. The maximum atomic E-state index is 12.5. The molecule has 0 spiro atoms. The highest BCUT2D eigenvalue weighted by Crippen LogP contribution is 2.23. The van der Waals surface area contributed by atoms with Crippen molar-refractivity contribution in [1.29, 1.82) is 0 Å². The number of aliphatic hydroxyl groups excluding tert-OH is 1. The van der Waals surface area contributed by atoms with Crippen molar-refractivity contribution < 1.29 is 9.90 Å². The Kier molecular flexibility index (Phi) is 4.25. The summed E-state index contributed by atoms with van der Waals surface area (Å²) < 4.78 is 1.98. The molecule has 0 radical (unpaired) electrons. The molecule has 2 rings (SSSR count). The molecule has 108 valence electrons. The number of aryl methyl sites for hydroxylation is 1. The molecule has 2 heterocycles. The van der Waals surface area contributed by atoms with Gasteiger partial charge in [0, 0.05) is 30.0 Å². The number of aliphatic hydroxyl groups is 1. The summed E-state index contributed by atoms with van der Waals surface area (Å²) in [7, 11) is 1.71. The van der Waals surface area contributed by atoms with Crippen molar-refractivity contribution in [3.8, 4) is 5.13 Å². The Morgan fingerprint density at radius 3 is 2.80 bits per heavy atom. The van der Waals surface area contributed by atoms with Gasteiger partial charge in [-0.3, -0.25) is 9.36 Å². The maximum Gasteiger partial charge on any atom is 0.255 e. The molecule has 20 heavy (non-hydrogen) atoms. The largest absolute Gasteiger partial charge is 0.394 e. The summed E-state index contributed by atoms with van der Waals surface area (Å²) in [5.41, 5.74) is 2.51. The van der Waals surface area contributed by atoms with Crippen molar-refractivity contribution in [1.82, 2.24) is 14.5 Å². The van der Waals surface area contributed by atoms with E-state index in [1.165, 1.54) is 11.3 Å². The molecule has 6 heteroatoms. The first-order valence-corrected chi connectivity index (χ1v) is 7.32. The summed E-state index contributed by atoms with van der Waals surface area (Å²) in [6.45, 7) is 5.64. The van der Waals surface area contributed by atoms with Gasteiger partial charge in [0.1, 0.15) is 0 Å². The van der Waals surface area contributed by atoms with Gasteiger partial charge in [0.15, 0.2) is 5.13 Å². The van der Waals surface area contributed by atoms with Gasteiger partial charge in [-0.05, 0) is 26.8 Å². The number of rotatable bonds is 4. The lowest BCUT2D eigenvalue weighted by Gasteiger charge is -2.23. The molecular weight excluding hydrogens is 274 g/mol. The summed E-state index contributed by atoms with van der Waals surface area (Å²) >= 11 is 1.54. The van der Waals surface area contributed by atoms with E-state index in [1.54, 1.807) is 18.1 Å². The van der Waals surface area contributed by atoms with Crippen LogP contribution in [0.2, 0.25) is 0 Å². The highest BCUT2D eigenvalue weighted by atomic mass is 32.1. The van der Waals surface area contributed by atoms with E-state index >= 15 is 0 Å². The van der Waals surface area contributed by atoms with Gasteiger partial charge in [-0.15, -0.1) is 11.3 Å². The number of carbonyl (C=O) groups is 1. The highest BCUT2D eigenvalue weighted by molar-refractivity contribution is 7.12. The van der Waals surface area contributed by atoms with E-state index in [9.17, 15) is 9.90 Å². The highest BCUT2D eigenvalue weighted by Gasteiger charge is 2.22. The molecule has 1 unspecified atom stereocenters. The number of nitrogens with zero attached hydrogens (tertiary/aromatic N) is 3. The van der Waals surface area contributed by atoms with Crippen LogP contribution in [0.1, 0.15) is 28.7 Å². The van der Waals surface area contributed by atoms with Crippen molar-refractivity contribution in [2.75, 3.05) is 13.7 Å². The molecule has 0 saturated heterocycles. The summed E-state index contributed by atoms with van der Waals surface area (Å²) in [6.07, 6.45) is 1.75. The van der Waals surface area contributed by atoms with E-state index in [4.69, 9.17) is 0 Å². The van der Waals surface area contributed by atoms with Crippen molar-refractivity contribution in [2.24, 2.45) is 0 Å². The number of carbonyl (C=O) groups excluding carboxylic acids is 1. The van der Waals surface area contributed by atoms with Crippen LogP contribution in [0.15, 0.2) is 17.6 Å². The average molecular weight is 293 g/mol. The fraction of sp³-hybridized carbons (Fsp3) is 0.429. The molecule has 5 nitrogen and oxygen atoms in total. The van der Waals surface area contributed by atoms with Gasteiger partial charge in [-0.25, -0.2) is 4.98 Å². The first-order chi connectivity index (χ1) is 9.47. The van der Waals surface area contributed by atoms with Gasteiger partial charge < -0.3 is 10.0 Å². The topological polar surface area (TPSA) is 58.4 Å². The third kappa shape index (κ3) is 2.48. The Balaban J connectivity index is 2.40. The molecule has 0 fully saturated rings. The Hall–Kier alpha value is -1.66. The van der Waals surface area contributed by atoms with E-state index in [0.29, 0.717) is 5.56 Å². The molecular formula is C14H19N3O2S. The minimum absolute atomic E-state index is 0.0482. The Labute approximate surface area is 122 Å². The number of hydrogen-bond donors (Lipinski definition) is 1. The van der Waals surface area contributed by atoms with Crippen LogP contribution in [0.3, 0.4) is 0 Å². The van der Waals surface area contributed by atoms with E-state index in [0.717, 1.165) is 16.5 Å². The van der Waals surface area contributed by atoms with Gasteiger partial charge in [-0.1, -0.05) is 0 Å². The number of likely N-dealkylation sites (N-methyl/N-ethyl adjacent to an activating group) is 1. The first kappa shape index (κ1) is 14.7. The molecule has 2 aromatic rings. The zero-order valence-corrected chi connectivity index (χ0v) is 12.9. The van der Waals surface area contributed by atoms with E-state index in [-0.39, 0.29) is 18.6 Å². The van der Waals surface area contributed by atoms with Crippen LogP contribution in [0, 0.1) is 13.8 Å². The predicted octanol–water partition coefficient (Wildman–Crippen LogP) is 2.00. The molecule has 0 aliphatic rings. The number of thiazole rings is 1. The normalized spacial score (nSPS) is 12.4. The monoisotopic (exact) mass is 293 g/mol. The Bertz CT molecular complexity index is 604. The SMILES string of the molecule is Cc1cc(C(=O)N(C)C(C)CO)c(C)n1-c1nccs1. The molecule has 0 aromatic carbocycles. The second-order valence-electron chi connectivity index (χ2n) is 4.88. The minimum atomic E-state index is -0.203. The average Bonchev–Trinajstić information content (AvgIpc) is 3.04. The smallest absolute Gasteiger partial charge is 0.255 e. The third-order valence-electron chi connectivity index (χ3n) is 3.52. The van der Waals surface area contributed by atoms with Crippen molar-refractivity contribution in [3.05, 3.63) is 34.6 Å². The first-order valence-electron chi connectivity index (χ1n) is 6.44. The zero-order valence-electron chi connectivity index (χ0n) is 12.1. The fourth-order valence-corrected chi connectivity index (χ4v) is 2.86. The summed E-state index contributed by atoms with van der Waals surface area (Å²) in [4.78, 5) is 18.3. The summed E-state index contributed by atoms with van der Waals surface area (Å²) in [5, 5.41) is 11.9. The number of aromatic nitrogens is 2. The number of hydrogen-bond acceptors (Lipinski definition) is 4. The van der Waals surface area contributed by atoms with Crippen LogP contribution in [0.4, 0.5) is 0 Å². The second kappa shape index (κ2) is 5.76. The Morgan fingerprint density at radius 1 is 1.55 bits per heavy atom. The van der Waals surface area contributed by atoms with Crippen LogP contribution >= 0.6 is 11.3 Å². The molecule has 2 aromatic heterocycles. The third-order valence-corrected chi connectivity index (χ3v) is 4.27. The van der Waals surface area contributed by atoms with Gasteiger partial charge in [0.05, 0.1) is 18.2 Å². The van der Waals surface area contributed by atoms with E-state index in [1.807, 2.05) is 36.8 Å². The van der Waals surface area contributed by atoms with Crippen molar-refractivity contribution in [2.45, 2.75) is 26.8 Å². The van der Waals surface area contributed by atoms with Crippen LogP contribution in [0.25, 0.3) is 5.13 Å². The lowest BCUT2D eigenvalue weighted by molar-refractivity contribution is 0.0681. The second-order valence-corrected chi connectivity index (χ2v) is 5.76. The van der Waals surface area contributed by atoms with Crippen molar-refractivity contribution >= 4 is 17.2 Å². The lowest BCUT2D eigenvalue weighted by Crippen LogP contribution is -2.37. The van der Waals surface area contributed by atoms with Gasteiger partial charge in [-0.2, -0.15) is 0 Å². The van der Waals surface area contributed by atoms with Gasteiger partial charge in [0.2, 0.25) is 0 Å². The van der Waals surface area contributed by atoms with Gasteiger partial charge >= 0.3 is 0 Å². The molecule has 1 amide bonds. The van der Waals surface area contributed by atoms with Crippen LogP contribution in [-0.2, 0) is 0 Å². The molecule has 0 aliphatic heterocycles. The van der Waals surface area contributed by atoms with Crippen molar-refractivity contribution in [3.63, 3.8) is 0 Å². The van der Waals surface area contributed by atoms with Gasteiger partial charge in [0.25, 0.3) is 5.91 Å². The fourth-order valence-electron chi connectivity index (χ4n) is 2.11. The van der Waals surface area contributed by atoms with E-state index in [2.05, 4.69) is 4.98 Å². The predicted molar refractivity (Wildman–Crippen MR) is 79.6 cm³/mol. The Morgan fingerprint density at radius 2 is 2.25 bits per heavy atom. The van der Waals surface area contributed by atoms with Crippen LogP contribution in [0.5, 0.6) is 0 Å². The quantitative estimate of drug-likeness (QED) is 0.938. The van der Waals surface area contributed by atoms with Crippen LogP contribution in [-0.4, -0.2) is 45.2 Å². The van der Waals surface area contributed by atoms with Crippen LogP contribution < -0.4 is 0 Å². The number of amides is 1. The molecule has 1 N–H and O–H groups in total. The standard InChI is InChI=1S/C14H19N3O2S/c1-9-7-12(13(19)16(4)10(2)8-18)11(3)17(9)14-15-5-6-20-14/h5-7,10,18H,8H2,1-4H3. The van der Waals surface area contributed by atoms with E-state index < -0.39 is 0 Å². The maximum absolute atomic E-state index is 12.5.